The second-order valence-electron chi connectivity index (χ2n) is 6.71. The molecule has 2 amide bonds. The van der Waals surface area contributed by atoms with Crippen LogP contribution in [0, 0.1) is 0 Å². The molecule has 0 bridgehead atoms. The average molecular weight is 427 g/mol. The van der Waals surface area contributed by atoms with E-state index in [4.69, 9.17) is 16.0 Å². The number of hydrogen-bond donors (Lipinski definition) is 1. The van der Waals surface area contributed by atoms with Crippen LogP contribution in [0.4, 0.5) is 10.5 Å². The quantitative estimate of drug-likeness (QED) is 0.793. The first-order valence-corrected chi connectivity index (χ1v) is 10.6. The number of furan rings is 1. The van der Waals surface area contributed by atoms with Gasteiger partial charge in [-0.05, 0) is 30.3 Å². The zero-order chi connectivity index (χ0) is 20.3. The van der Waals surface area contributed by atoms with Crippen LogP contribution in [-0.2, 0) is 16.6 Å². The predicted octanol–water partition coefficient (Wildman–Crippen LogP) is 2.53. The van der Waals surface area contributed by atoms with Crippen LogP contribution < -0.4 is 5.32 Å². The number of nitrogens with one attached hydrogen (secondary N) is 1. The SMILES string of the molecule is CN(C)S(=O)(=O)c1cc(NC(=O)N2CCN(Cc3ccco3)CC2)ccc1Cl. The topological polar surface area (TPSA) is 86.1 Å². The number of sulfonamides is 1. The summed E-state index contributed by atoms with van der Waals surface area (Å²) in [6.45, 7) is 3.32. The van der Waals surface area contributed by atoms with Gasteiger partial charge in [-0.3, -0.25) is 4.90 Å². The molecule has 0 unspecified atom stereocenters. The van der Waals surface area contributed by atoms with Crippen molar-refractivity contribution in [2.75, 3.05) is 45.6 Å². The van der Waals surface area contributed by atoms with Gasteiger partial charge in [0.2, 0.25) is 10.0 Å². The number of amides is 2. The van der Waals surface area contributed by atoms with Crippen LogP contribution in [0.1, 0.15) is 5.76 Å². The normalized spacial score (nSPS) is 15.8. The van der Waals surface area contributed by atoms with Crippen LogP contribution in [0.5, 0.6) is 0 Å². The van der Waals surface area contributed by atoms with Gasteiger partial charge in [0.15, 0.2) is 0 Å². The van der Waals surface area contributed by atoms with E-state index in [1.807, 2.05) is 12.1 Å². The van der Waals surface area contributed by atoms with Crippen molar-refractivity contribution in [2.45, 2.75) is 11.4 Å². The van der Waals surface area contributed by atoms with Crippen molar-refractivity contribution in [3.05, 3.63) is 47.4 Å². The molecule has 1 aliphatic heterocycles. The van der Waals surface area contributed by atoms with Crippen molar-refractivity contribution < 1.29 is 17.6 Å². The summed E-state index contributed by atoms with van der Waals surface area (Å²) in [5.74, 6) is 0.897. The lowest BCUT2D eigenvalue weighted by Crippen LogP contribution is -2.49. The third-order valence-corrected chi connectivity index (χ3v) is 6.86. The Morgan fingerprint density at radius 1 is 1.21 bits per heavy atom. The smallest absolute Gasteiger partial charge is 0.321 e. The zero-order valence-electron chi connectivity index (χ0n) is 15.8. The van der Waals surface area contributed by atoms with Gasteiger partial charge in [-0.1, -0.05) is 11.6 Å². The Hall–Kier alpha value is -2.07. The van der Waals surface area contributed by atoms with E-state index in [2.05, 4.69) is 10.2 Å². The van der Waals surface area contributed by atoms with E-state index in [1.54, 1.807) is 17.2 Å². The second kappa shape index (κ2) is 8.52. The third kappa shape index (κ3) is 4.67. The maximum absolute atomic E-state index is 12.6. The summed E-state index contributed by atoms with van der Waals surface area (Å²) in [5, 5.41) is 2.87. The number of hydrogen-bond acceptors (Lipinski definition) is 5. The maximum Gasteiger partial charge on any atom is 0.321 e. The number of anilines is 1. The molecule has 0 atom stereocenters. The van der Waals surface area contributed by atoms with Gasteiger partial charge >= 0.3 is 6.03 Å². The van der Waals surface area contributed by atoms with Crippen LogP contribution in [0.3, 0.4) is 0 Å². The van der Waals surface area contributed by atoms with E-state index in [0.29, 0.717) is 25.3 Å². The number of rotatable bonds is 5. The van der Waals surface area contributed by atoms with E-state index in [1.165, 1.54) is 26.2 Å². The van der Waals surface area contributed by atoms with Gasteiger partial charge in [0.05, 0.1) is 17.8 Å². The van der Waals surface area contributed by atoms with Gasteiger partial charge in [-0.15, -0.1) is 0 Å². The zero-order valence-corrected chi connectivity index (χ0v) is 17.3. The minimum atomic E-state index is -3.70. The van der Waals surface area contributed by atoms with E-state index in [0.717, 1.165) is 23.2 Å². The minimum Gasteiger partial charge on any atom is -0.468 e. The van der Waals surface area contributed by atoms with Crippen LogP contribution in [0.15, 0.2) is 45.9 Å². The standard InChI is InChI=1S/C18H23ClN4O4S/c1-21(2)28(25,26)17-12-14(5-6-16(17)19)20-18(24)23-9-7-22(8-10-23)13-15-4-3-11-27-15/h3-6,11-12H,7-10,13H2,1-2H3,(H,20,24). The number of nitrogens with zero attached hydrogens (tertiary/aromatic N) is 3. The van der Waals surface area contributed by atoms with Gasteiger partial charge in [0.1, 0.15) is 10.7 Å². The van der Waals surface area contributed by atoms with E-state index < -0.39 is 10.0 Å². The monoisotopic (exact) mass is 426 g/mol. The Morgan fingerprint density at radius 3 is 2.54 bits per heavy atom. The Kier molecular flexibility index (Phi) is 6.29. The molecular formula is C18H23ClN4O4S. The molecule has 10 heteroatoms. The molecule has 2 heterocycles. The predicted molar refractivity (Wildman–Crippen MR) is 107 cm³/mol. The molecule has 1 saturated heterocycles. The summed E-state index contributed by atoms with van der Waals surface area (Å²) in [4.78, 5) is 16.4. The molecule has 0 saturated carbocycles. The Bertz CT molecular complexity index is 923. The Labute approximate surface area is 169 Å². The van der Waals surface area contributed by atoms with Crippen molar-refractivity contribution in [2.24, 2.45) is 0 Å². The number of piperazine rings is 1. The molecule has 0 aliphatic carbocycles. The van der Waals surface area contributed by atoms with Crippen LogP contribution in [0.2, 0.25) is 5.02 Å². The van der Waals surface area contributed by atoms with E-state index in [9.17, 15) is 13.2 Å². The fraction of sp³-hybridized carbons (Fsp3) is 0.389. The fourth-order valence-corrected chi connectivity index (χ4v) is 4.30. The third-order valence-electron chi connectivity index (χ3n) is 4.56. The molecule has 1 aromatic carbocycles. The highest BCUT2D eigenvalue weighted by molar-refractivity contribution is 7.89. The van der Waals surface area contributed by atoms with Gasteiger partial charge in [0, 0.05) is 46.0 Å². The molecule has 0 spiro atoms. The largest absolute Gasteiger partial charge is 0.468 e. The summed E-state index contributed by atoms with van der Waals surface area (Å²) >= 11 is 6.04. The molecule has 28 heavy (non-hydrogen) atoms. The number of benzene rings is 1. The molecule has 8 nitrogen and oxygen atoms in total. The molecule has 1 N–H and O–H groups in total. The van der Waals surface area contributed by atoms with Crippen molar-refractivity contribution in [1.29, 1.82) is 0 Å². The average Bonchev–Trinajstić information content (AvgIpc) is 3.16. The van der Waals surface area contributed by atoms with Crippen molar-refractivity contribution in [3.8, 4) is 0 Å². The molecule has 152 valence electrons. The van der Waals surface area contributed by atoms with Gasteiger partial charge in [0.25, 0.3) is 0 Å². The molecular weight excluding hydrogens is 404 g/mol. The maximum atomic E-state index is 12.6. The highest BCUT2D eigenvalue weighted by Crippen LogP contribution is 2.27. The Balaban J connectivity index is 1.61. The Morgan fingerprint density at radius 2 is 1.93 bits per heavy atom. The van der Waals surface area contributed by atoms with Crippen molar-refractivity contribution in [1.82, 2.24) is 14.1 Å². The van der Waals surface area contributed by atoms with Crippen molar-refractivity contribution >= 4 is 33.3 Å². The fourth-order valence-electron chi connectivity index (χ4n) is 2.91. The molecule has 3 rings (SSSR count). The molecule has 1 aliphatic rings. The minimum absolute atomic E-state index is 0.0415. The van der Waals surface area contributed by atoms with Crippen LogP contribution in [0.25, 0.3) is 0 Å². The first kappa shape index (κ1) is 20.7. The molecule has 0 radical (unpaired) electrons. The first-order valence-electron chi connectivity index (χ1n) is 8.80. The number of urea groups is 1. The highest BCUT2D eigenvalue weighted by Gasteiger charge is 2.24. The van der Waals surface area contributed by atoms with E-state index in [-0.39, 0.29) is 15.9 Å². The van der Waals surface area contributed by atoms with Crippen molar-refractivity contribution in [3.63, 3.8) is 0 Å². The second-order valence-corrected chi connectivity index (χ2v) is 9.23. The highest BCUT2D eigenvalue weighted by atomic mass is 35.5. The molecule has 1 aromatic heterocycles. The van der Waals surface area contributed by atoms with Gasteiger partial charge < -0.3 is 14.6 Å². The first-order chi connectivity index (χ1) is 13.3. The van der Waals surface area contributed by atoms with Crippen LogP contribution in [-0.4, -0.2) is 68.8 Å². The lowest BCUT2D eigenvalue weighted by molar-refractivity contribution is 0.137. The van der Waals surface area contributed by atoms with Gasteiger partial charge in [-0.25, -0.2) is 17.5 Å². The number of carbonyl (C=O) groups is 1. The lowest BCUT2D eigenvalue weighted by Gasteiger charge is -2.34. The summed E-state index contributed by atoms with van der Waals surface area (Å²) in [7, 11) is -0.843. The lowest BCUT2D eigenvalue weighted by atomic mass is 10.3. The van der Waals surface area contributed by atoms with Gasteiger partial charge in [-0.2, -0.15) is 0 Å². The molecule has 2 aromatic rings. The summed E-state index contributed by atoms with van der Waals surface area (Å²) in [6.07, 6.45) is 1.65. The number of halogens is 1. The van der Waals surface area contributed by atoms with E-state index >= 15 is 0 Å². The molecule has 1 fully saturated rings. The summed E-state index contributed by atoms with van der Waals surface area (Å²) < 4.78 is 31.2. The van der Waals surface area contributed by atoms with Crippen LogP contribution >= 0.6 is 11.6 Å². The summed E-state index contributed by atoms with van der Waals surface area (Å²) in [5.41, 5.74) is 0.382. The number of carbonyl (C=O) groups excluding carboxylic acids is 1. The summed E-state index contributed by atoms with van der Waals surface area (Å²) in [6, 6.07) is 7.95.